The van der Waals surface area contributed by atoms with Crippen LogP contribution in [-0.4, -0.2) is 17.6 Å². The molecule has 0 amide bonds. The number of esters is 1. The van der Waals surface area contributed by atoms with Crippen LogP contribution < -0.4 is 9.47 Å². The minimum atomic E-state index is -0.341. The Morgan fingerprint density at radius 2 is 1.33 bits per heavy atom. The quantitative estimate of drug-likeness (QED) is 0.115. The van der Waals surface area contributed by atoms with Gasteiger partial charge in [0.25, 0.3) is 0 Å². The molecule has 3 aromatic rings. The maximum atomic E-state index is 12.6. The largest absolute Gasteiger partial charge is 0.492 e. The van der Waals surface area contributed by atoms with Crippen molar-refractivity contribution in [3.8, 4) is 22.8 Å². The molecule has 36 heavy (non-hydrogen) atoms. The maximum Gasteiger partial charge on any atom is 0.343 e. The smallest absolute Gasteiger partial charge is 0.343 e. The van der Waals surface area contributed by atoms with E-state index in [1.807, 2.05) is 48.5 Å². The van der Waals surface area contributed by atoms with Crippen molar-refractivity contribution in [2.45, 2.75) is 84.5 Å². The molecular weight excluding hydrogens is 446 g/mol. The zero-order valence-corrected chi connectivity index (χ0v) is 22.0. The predicted molar refractivity (Wildman–Crippen MR) is 148 cm³/mol. The lowest BCUT2D eigenvalue weighted by Gasteiger charge is -2.08. The third kappa shape index (κ3) is 9.49. The first-order valence-electron chi connectivity index (χ1n) is 13.7. The van der Waals surface area contributed by atoms with Gasteiger partial charge in [-0.15, -0.1) is 0 Å². The van der Waals surface area contributed by atoms with Gasteiger partial charge in [-0.1, -0.05) is 77.3 Å². The van der Waals surface area contributed by atoms with Crippen molar-refractivity contribution in [3.63, 3.8) is 0 Å². The van der Waals surface area contributed by atoms with Crippen LogP contribution in [0.2, 0.25) is 0 Å². The Morgan fingerprint density at radius 3 is 1.97 bits per heavy atom. The van der Waals surface area contributed by atoms with Crippen molar-refractivity contribution in [1.82, 2.24) is 4.98 Å². The van der Waals surface area contributed by atoms with Gasteiger partial charge in [-0.05, 0) is 73.4 Å². The minimum absolute atomic E-state index is 0.341. The van der Waals surface area contributed by atoms with Crippen LogP contribution in [0.4, 0.5) is 0 Å². The van der Waals surface area contributed by atoms with Crippen molar-refractivity contribution in [2.24, 2.45) is 0 Å². The highest BCUT2D eigenvalue weighted by atomic mass is 16.5. The molecule has 1 heterocycles. The van der Waals surface area contributed by atoms with Gasteiger partial charge in [-0.3, -0.25) is 4.98 Å². The molecule has 0 saturated heterocycles. The number of aromatic nitrogens is 1. The molecule has 3 rings (SSSR count). The van der Waals surface area contributed by atoms with E-state index in [9.17, 15) is 4.79 Å². The molecule has 0 N–H and O–H groups in total. The third-order valence-corrected chi connectivity index (χ3v) is 6.37. The van der Waals surface area contributed by atoms with Crippen LogP contribution in [0.25, 0.3) is 11.3 Å². The molecule has 0 atom stereocenters. The summed E-state index contributed by atoms with van der Waals surface area (Å²) in [5.41, 5.74) is 3.65. The Bertz CT molecular complexity index is 1010. The summed E-state index contributed by atoms with van der Waals surface area (Å²) in [5, 5.41) is 0. The number of rotatable bonds is 16. The van der Waals surface area contributed by atoms with Crippen molar-refractivity contribution in [1.29, 1.82) is 0 Å². The zero-order chi connectivity index (χ0) is 25.4. The Kier molecular flexibility index (Phi) is 12.0. The van der Waals surface area contributed by atoms with Crippen LogP contribution in [-0.2, 0) is 6.42 Å². The summed E-state index contributed by atoms with van der Waals surface area (Å²) >= 11 is 0. The molecular formula is C32H41NO3. The predicted octanol–water partition coefficient (Wildman–Crippen LogP) is 8.83. The molecule has 0 aliphatic carbocycles. The van der Waals surface area contributed by atoms with E-state index >= 15 is 0 Å². The van der Waals surface area contributed by atoms with Gasteiger partial charge in [0.2, 0.25) is 0 Å². The zero-order valence-electron chi connectivity index (χ0n) is 22.0. The van der Waals surface area contributed by atoms with Crippen LogP contribution >= 0.6 is 0 Å². The SMILES string of the molecule is CCCCCCCOc1ccc(-c2ccc(OC(=O)c3ccc(CCCCCCC)cc3)cc2)nc1. The highest BCUT2D eigenvalue weighted by molar-refractivity contribution is 5.91. The average molecular weight is 488 g/mol. The molecule has 4 heteroatoms. The van der Waals surface area contributed by atoms with Gasteiger partial charge < -0.3 is 9.47 Å². The van der Waals surface area contributed by atoms with E-state index in [0.717, 1.165) is 36.5 Å². The molecule has 0 radical (unpaired) electrons. The van der Waals surface area contributed by atoms with E-state index in [1.54, 1.807) is 18.3 Å². The molecule has 0 aliphatic rings. The van der Waals surface area contributed by atoms with Gasteiger partial charge in [0.1, 0.15) is 11.5 Å². The second-order valence-electron chi connectivity index (χ2n) is 9.42. The highest BCUT2D eigenvalue weighted by Crippen LogP contribution is 2.23. The lowest BCUT2D eigenvalue weighted by atomic mass is 10.0. The van der Waals surface area contributed by atoms with Crippen molar-refractivity contribution in [3.05, 3.63) is 78.0 Å². The molecule has 1 aromatic heterocycles. The first-order valence-corrected chi connectivity index (χ1v) is 13.7. The minimum Gasteiger partial charge on any atom is -0.492 e. The van der Waals surface area contributed by atoms with E-state index in [1.165, 1.54) is 63.4 Å². The summed E-state index contributed by atoms with van der Waals surface area (Å²) in [6, 6.07) is 19.1. The van der Waals surface area contributed by atoms with Crippen molar-refractivity contribution >= 4 is 5.97 Å². The van der Waals surface area contributed by atoms with Crippen LogP contribution in [0, 0.1) is 0 Å². The van der Waals surface area contributed by atoms with E-state index in [2.05, 4.69) is 18.8 Å². The topological polar surface area (TPSA) is 48.4 Å². The lowest BCUT2D eigenvalue weighted by Crippen LogP contribution is -2.08. The standard InChI is InChI=1S/C32H41NO3/c1-3-5-7-9-11-13-26-14-16-28(17-15-26)32(34)36-29-20-18-27(19-21-29)31-23-22-30(25-33-31)35-24-12-10-8-6-4-2/h14-23,25H,3-13,24H2,1-2H3. The fourth-order valence-electron chi connectivity index (χ4n) is 4.13. The summed E-state index contributed by atoms with van der Waals surface area (Å²) in [6.07, 6.45) is 15.3. The molecule has 2 aromatic carbocycles. The number of aryl methyl sites for hydroxylation is 1. The number of hydrogen-bond acceptors (Lipinski definition) is 4. The number of ether oxygens (including phenoxy) is 2. The Morgan fingerprint density at radius 1 is 0.694 bits per heavy atom. The third-order valence-electron chi connectivity index (χ3n) is 6.37. The van der Waals surface area contributed by atoms with Crippen molar-refractivity contribution < 1.29 is 14.3 Å². The summed E-state index contributed by atoms with van der Waals surface area (Å²) < 4.78 is 11.4. The second-order valence-corrected chi connectivity index (χ2v) is 9.42. The van der Waals surface area contributed by atoms with Crippen LogP contribution in [0.15, 0.2) is 66.9 Å². The molecule has 0 saturated carbocycles. The monoisotopic (exact) mass is 487 g/mol. The summed E-state index contributed by atoms with van der Waals surface area (Å²) in [6.45, 7) is 5.18. The molecule has 0 unspecified atom stereocenters. The number of carbonyl (C=O) groups excluding carboxylic acids is 1. The number of nitrogens with zero attached hydrogens (tertiary/aromatic N) is 1. The van der Waals surface area contributed by atoms with Crippen LogP contribution in [0.3, 0.4) is 0 Å². The molecule has 0 aliphatic heterocycles. The van der Waals surface area contributed by atoms with Crippen molar-refractivity contribution in [2.75, 3.05) is 6.61 Å². The lowest BCUT2D eigenvalue weighted by molar-refractivity contribution is 0.0734. The van der Waals surface area contributed by atoms with Gasteiger partial charge in [0.15, 0.2) is 0 Å². The molecule has 4 nitrogen and oxygen atoms in total. The van der Waals surface area contributed by atoms with E-state index in [-0.39, 0.29) is 5.97 Å². The van der Waals surface area contributed by atoms with Gasteiger partial charge >= 0.3 is 5.97 Å². The number of pyridine rings is 1. The molecule has 0 bridgehead atoms. The number of carbonyl (C=O) groups is 1. The number of hydrogen-bond donors (Lipinski definition) is 0. The van der Waals surface area contributed by atoms with Gasteiger partial charge in [0.05, 0.1) is 24.1 Å². The first-order chi connectivity index (χ1) is 17.7. The van der Waals surface area contributed by atoms with Crippen LogP contribution in [0.1, 0.15) is 94.0 Å². The van der Waals surface area contributed by atoms with Crippen LogP contribution in [0.5, 0.6) is 11.5 Å². The summed E-state index contributed by atoms with van der Waals surface area (Å²) in [4.78, 5) is 17.1. The van der Waals surface area contributed by atoms with E-state index in [0.29, 0.717) is 11.3 Å². The van der Waals surface area contributed by atoms with Gasteiger partial charge in [0, 0.05) is 5.56 Å². The summed E-state index contributed by atoms with van der Waals surface area (Å²) in [7, 11) is 0. The molecule has 192 valence electrons. The fraction of sp³-hybridized carbons (Fsp3) is 0.438. The normalized spacial score (nSPS) is 10.8. The number of unbranched alkanes of at least 4 members (excludes halogenated alkanes) is 8. The number of benzene rings is 2. The molecule has 0 fully saturated rings. The average Bonchev–Trinajstić information content (AvgIpc) is 2.92. The second kappa shape index (κ2) is 15.8. The Hall–Kier alpha value is -3.14. The van der Waals surface area contributed by atoms with E-state index in [4.69, 9.17) is 9.47 Å². The Labute approximate surface area is 217 Å². The fourth-order valence-corrected chi connectivity index (χ4v) is 4.13. The highest BCUT2D eigenvalue weighted by Gasteiger charge is 2.09. The first kappa shape index (κ1) is 27.4. The molecule has 0 spiro atoms. The van der Waals surface area contributed by atoms with Gasteiger partial charge in [-0.2, -0.15) is 0 Å². The summed E-state index contributed by atoms with van der Waals surface area (Å²) in [5.74, 6) is 0.973. The maximum absolute atomic E-state index is 12.6. The Balaban J connectivity index is 1.45. The van der Waals surface area contributed by atoms with Gasteiger partial charge in [-0.25, -0.2) is 4.79 Å². The van der Waals surface area contributed by atoms with E-state index < -0.39 is 0 Å².